The monoisotopic (exact) mass is 207 g/mol. The van der Waals surface area contributed by atoms with Crippen LogP contribution in [0.3, 0.4) is 0 Å². The average Bonchev–Trinajstić information content (AvgIpc) is 2.52. The molecule has 0 aliphatic heterocycles. The molecule has 0 fully saturated rings. The van der Waals surface area contributed by atoms with Gasteiger partial charge in [0.05, 0.1) is 0 Å². The van der Waals surface area contributed by atoms with Crippen molar-refractivity contribution in [1.29, 1.82) is 0 Å². The number of hydrogen-bond donors (Lipinski definition) is 3. The molecule has 0 aliphatic carbocycles. The molecule has 78 valence electrons. The summed E-state index contributed by atoms with van der Waals surface area (Å²) in [5, 5.41) is 8.46. The van der Waals surface area contributed by atoms with E-state index in [1.165, 1.54) is 12.3 Å². The van der Waals surface area contributed by atoms with Crippen LogP contribution in [0.15, 0.2) is 17.3 Å². The van der Waals surface area contributed by atoms with Gasteiger partial charge in [-0.1, -0.05) is 0 Å². The minimum Gasteiger partial charge on any atom is -0.370 e. The summed E-state index contributed by atoms with van der Waals surface area (Å²) in [5.74, 6) is -0.0113. The smallest absolute Gasteiger partial charge is 0.370 e. The van der Waals surface area contributed by atoms with Crippen molar-refractivity contribution in [3.05, 3.63) is 12.3 Å². The molecule has 0 saturated heterocycles. The molecule has 1 aromatic heterocycles. The van der Waals surface area contributed by atoms with Crippen LogP contribution in [0.4, 0.5) is 19.0 Å². The van der Waals surface area contributed by atoms with Crippen LogP contribution in [0.1, 0.15) is 0 Å². The lowest BCUT2D eigenvalue weighted by Crippen LogP contribution is -2.25. The standard InChI is InChI=1S/C6H8F3N5/c7-6(8,9)3-11-5(10)13-4-1-2-12-14-4/h1-2H,3H2,(H4,10,11,12,13,14). The highest BCUT2D eigenvalue weighted by molar-refractivity contribution is 5.91. The first-order chi connectivity index (χ1) is 6.47. The fourth-order valence-electron chi connectivity index (χ4n) is 0.675. The van der Waals surface area contributed by atoms with E-state index in [1.807, 2.05) is 0 Å². The van der Waals surface area contributed by atoms with Gasteiger partial charge in [0, 0.05) is 12.3 Å². The summed E-state index contributed by atoms with van der Waals surface area (Å²) in [6.45, 7) is -1.31. The van der Waals surface area contributed by atoms with E-state index in [2.05, 4.69) is 20.5 Å². The summed E-state index contributed by atoms with van der Waals surface area (Å²) in [7, 11) is 0. The molecule has 4 N–H and O–H groups in total. The Hall–Kier alpha value is -1.73. The van der Waals surface area contributed by atoms with Gasteiger partial charge in [0.2, 0.25) is 0 Å². The first-order valence-electron chi connectivity index (χ1n) is 3.61. The van der Waals surface area contributed by atoms with Crippen LogP contribution in [-0.4, -0.2) is 28.9 Å². The van der Waals surface area contributed by atoms with Gasteiger partial charge < -0.3 is 11.1 Å². The Labute approximate surface area is 77.2 Å². The number of rotatable bonds is 2. The SMILES string of the molecule is N/C(=N/CC(F)(F)F)Nc1cc[nH]n1. The Bertz CT molecular complexity index is 302. The first-order valence-corrected chi connectivity index (χ1v) is 3.61. The van der Waals surface area contributed by atoms with Crippen molar-refractivity contribution in [2.45, 2.75) is 6.18 Å². The second-order valence-corrected chi connectivity index (χ2v) is 2.40. The van der Waals surface area contributed by atoms with Gasteiger partial charge in [0.15, 0.2) is 11.8 Å². The molecule has 0 atom stereocenters. The largest absolute Gasteiger partial charge is 0.408 e. The molecule has 0 radical (unpaired) electrons. The zero-order valence-electron chi connectivity index (χ0n) is 6.97. The number of guanidine groups is 1. The molecule has 0 aromatic carbocycles. The number of aromatic nitrogens is 2. The zero-order chi connectivity index (χ0) is 10.6. The molecule has 0 amide bonds. The third kappa shape index (κ3) is 3.78. The summed E-state index contributed by atoms with van der Waals surface area (Å²) in [4.78, 5) is 3.07. The normalized spacial score (nSPS) is 12.9. The minimum absolute atomic E-state index is 0.313. The van der Waals surface area contributed by atoms with Gasteiger partial charge in [0.1, 0.15) is 6.54 Å². The van der Waals surface area contributed by atoms with Crippen molar-refractivity contribution in [3.8, 4) is 0 Å². The second kappa shape index (κ2) is 3.99. The van der Waals surface area contributed by atoms with Crippen LogP contribution in [0.2, 0.25) is 0 Å². The quantitative estimate of drug-likeness (QED) is 0.493. The summed E-state index contributed by atoms with van der Waals surface area (Å²) in [5.41, 5.74) is 5.16. The van der Waals surface area contributed by atoms with Gasteiger partial charge in [0.25, 0.3) is 0 Å². The molecule has 0 bridgehead atoms. The molecule has 0 unspecified atom stereocenters. The lowest BCUT2D eigenvalue weighted by molar-refractivity contribution is -0.118. The van der Waals surface area contributed by atoms with E-state index < -0.39 is 12.7 Å². The molecule has 0 saturated carbocycles. The molecular weight excluding hydrogens is 199 g/mol. The molecule has 0 aliphatic rings. The predicted octanol–water partition coefficient (Wildman–Crippen LogP) is 0.699. The maximum Gasteiger partial charge on any atom is 0.408 e. The third-order valence-corrected chi connectivity index (χ3v) is 1.19. The topological polar surface area (TPSA) is 79.1 Å². The third-order valence-electron chi connectivity index (χ3n) is 1.19. The van der Waals surface area contributed by atoms with E-state index in [0.717, 1.165) is 0 Å². The highest BCUT2D eigenvalue weighted by Gasteiger charge is 2.26. The molecular formula is C6H8F3N5. The van der Waals surface area contributed by atoms with Gasteiger partial charge in [-0.3, -0.25) is 5.10 Å². The number of aromatic amines is 1. The Morgan fingerprint density at radius 2 is 2.36 bits per heavy atom. The lowest BCUT2D eigenvalue weighted by Gasteiger charge is -2.04. The number of H-pyrrole nitrogens is 1. The predicted molar refractivity (Wildman–Crippen MR) is 44.8 cm³/mol. The van der Waals surface area contributed by atoms with Crippen LogP contribution < -0.4 is 11.1 Å². The van der Waals surface area contributed by atoms with Crippen molar-refractivity contribution in [2.75, 3.05) is 11.9 Å². The Kier molecular flexibility index (Phi) is 2.95. The number of aliphatic imine (C=N–C) groups is 1. The molecule has 1 aromatic rings. The molecule has 14 heavy (non-hydrogen) atoms. The van der Waals surface area contributed by atoms with Gasteiger partial charge in [-0.05, 0) is 0 Å². The van der Waals surface area contributed by atoms with Gasteiger partial charge in [-0.2, -0.15) is 18.3 Å². The van der Waals surface area contributed by atoms with Gasteiger partial charge in [-0.25, -0.2) is 4.99 Å². The summed E-state index contributed by atoms with van der Waals surface area (Å²) in [6, 6.07) is 1.51. The van der Waals surface area contributed by atoms with Gasteiger partial charge >= 0.3 is 6.18 Å². The molecule has 8 heteroatoms. The van der Waals surface area contributed by atoms with Crippen molar-refractivity contribution in [2.24, 2.45) is 10.7 Å². The van der Waals surface area contributed by atoms with Crippen LogP contribution in [0, 0.1) is 0 Å². The lowest BCUT2D eigenvalue weighted by atomic mass is 10.6. The van der Waals surface area contributed by atoms with Crippen molar-refractivity contribution in [3.63, 3.8) is 0 Å². The van der Waals surface area contributed by atoms with E-state index in [0.29, 0.717) is 5.82 Å². The highest BCUT2D eigenvalue weighted by atomic mass is 19.4. The molecule has 1 heterocycles. The summed E-state index contributed by atoms with van der Waals surface area (Å²) >= 11 is 0. The van der Waals surface area contributed by atoms with Crippen molar-refractivity contribution in [1.82, 2.24) is 10.2 Å². The molecule has 1 rings (SSSR count). The first kappa shape index (κ1) is 10.4. The number of halogens is 3. The Morgan fingerprint density at radius 1 is 1.64 bits per heavy atom. The molecule has 5 nitrogen and oxygen atoms in total. The fraction of sp³-hybridized carbons (Fsp3) is 0.333. The van der Waals surface area contributed by atoms with Crippen molar-refractivity contribution < 1.29 is 13.2 Å². The van der Waals surface area contributed by atoms with Crippen LogP contribution in [0.5, 0.6) is 0 Å². The Morgan fingerprint density at radius 3 is 2.86 bits per heavy atom. The number of nitrogens with two attached hydrogens (primary N) is 1. The van der Waals surface area contributed by atoms with Gasteiger partial charge in [-0.15, -0.1) is 0 Å². The number of nitrogens with one attached hydrogen (secondary N) is 2. The van der Waals surface area contributed by atoms with Crippen molar-refractivity contribution >= 4 is 11.8 Å². The minimum atomic E-state index is -4.35. The number of hydrogen-bond acceptors (Lipinski definition) is 2. The second-order valence-electron chi connectivity index (χ2n) is 2.40. The summed E-state index contributed by atoms with van der Waals surface area (Å²) < 4.78 is 35.0. The van der Waals surface area contributed by atoms with E-state index in [1.54, 1.807) is 0 Å². The maximum atomic E-state index is 11.7. The highest BCUT2D eigenvalue weighted by Crippen LogP contribution is 2.14. The van der Waals surface area contributed by atoms with Crippen LogP contribution in [-0.2, 0) is 0 Å². The zero-order valence-corrected chi connectivity index (χ0v) is 6.97. The maximum absolute atomic E-state index is 11.7. The van der Waals surface area contributed by atoms with E-state index in [4.69, 9.17) is 5.73 Å². The summed E-state index contributed by atoms with van der Waals surface area (Å²) in [6.07, 6.45) is -2.85. The number of alkyl halides is 3. The number of anilines is 1. The number of nitrogens with zero attached hydrogens (tertiary/aromatic N) is 2. The van der Waals surface area contributed by atoms with Crippen LogP contribution >= 0.6 is 0 Å². The van der Waals surface area contributed by atoms with E-state index in [9.17, 15) is 13.2 Å². The fourth-order valence-corrected chi connectivity index (χ4v) is 0.675. The van der Waals surface area contributed by atoms with E-state index in [-0.39, 0.29) is 5.96 Å². The average molecular weight is 207 g/mol. The van der Waals surface area contributed by atoms with Crippen LogP contribution in [0.25, 0.3) is 0 Å². The molecule has 0 spiro atoms. The van der Waals surface area contributed by atoms with E-state index >= 15 is 0 Å². The Balaban J connectivity index is 2.46.